The normalized spacial score (nSPS) is 36.4. The fraction of sp³-hybridized carbons (Fsp3) is 1.00. The summed E-state index contributed by atoms with van der Waals surface area (Å²) in [7, 11) is 2.09. The van der Waals surface area contributed by atoms with Crippen LogP contribution in [0, 0.1) is 5.92 Å². The van der Waals surface area contributed by atoms with Crippen molar-refractivity contribution in [2.24, 2.45) is 5.92 Å². The zero-order valence-electron chi connectivity index (χ0n) is 9.46. The van der Waals surface area contributed by atoms with Crippen molar-refractivity contribution in [3.05, 3.63) is 0 Å². The molecule has 82 valence electrons. The molecule has 0 radical (unpaired) electrons. The lowest BCUT2D eigenvalue weighted by Crippen LogP contribution is -2.42. The molecule has 1 N–H and O–H groups in total. The minimum absolute atomic E-state index is 0.484. The van der Waals surface area contributed by atoms with Crippen molar-refractivity contribution < 1.29 is 4.74 Å². The van der Waals surface area contributed by atoms with E-state index in [-0.39, 0.29) is 0 Å². The number of likely N-dealkylation sites (N-methyl/N-ethyl adjacent to an activating group) is 1. The summed E-state index contributed by atoms with van der Waals surface area (Å²) in [5.74, 6) is 0.871. The molecule has 2 nitrogen and oxygen atoms in total. The summed E-state index contributed by atoms with van der Waals surface area (Å²) in [5.41, 5.74) is 0. The second-order valence-corrected chi connectivity index (χ2v) is 4.92. The quantitative estimate of drug-likeness (QED) is 0.750. The van der Waals surface area contributed by atoms with Gasteiger partial charge in [0.25, 0.3) is 0 Å². The second-order valence-electron chi connectivity index (χ2n) is 4.92. The van der Waals surface area contributed by atoms with Gasteiger partial charge in [0.15, 0.2) is 0 Å². The van der Waals surface area contributed by atoms with E-state index in [1.165, 1.54) is 38.5 Å². The lowest BCUT2D eigenvalue weighted by Gasteiger charge is -2.28. The smallest absolute Gasteiger partial charge is 0.0735 e. The fourth-order valence-electron chi connectivity index (χ4n) is 3.14. The van der Waals surface area contributed by atoms with Gasteiger partial charge in [0.1, 0.15) is 0 Å². The van der Waals surface area contributed by atoms with Crippen molar-refractivity contribution in [1.82, 2.24) is 5.32 Å². The highest BCUT2D eigenvalue weighted by Gasteiger charge is 2.34. The van der Waals surface area contributed by atoms with E-state index in [4.69, 9.17) is 4.74 Å². The minimum Gasteiger partial charge on any atom is -0.374 e. The van der Waals surface area contributed by atoms with E-state index in [1.54, 1.807) is 0 Å². The molecule has 1 heterocycles. The highest BCUT2D eigenvalue weighted by Crippen LogP contribution is 2.33. The van der Waals surface area contributed by atoms with Gasteiger partial charge in [-0.1, -0.05) is 12.8 Å². The molecule has 1 saturated carbocycles. The lowest BCUT2D eigenvalue weighted by atomic mass is 9.92. The Morgan fingerprint density at radius 3 is 2.36 bits per heavy atom. The predicted molar refractivity (Wildman–Crippen MR) is 58.4 cm³/mol. The molecule has 2 heteroatoms. The molecular formula is C12H23NO. The first-order valence-electron chi connectivity index (χ1n) is 6.14. The van der Waals surface area contributed by atoms with Crippen LogP contribution in [-0.4, -0.2) is 25.3 Å². The van der Waals surface area contributed by atoms with Gasteiger partial charge in [0.05, 0.1) is 12.2 Å². The molecule has 0 aromatic heterocycles. The van der Waals surface area contributed by atoms with Crippen LogP contribution >= 0.6 is 0 Å². The summed E-state index contributed by atoms with van der Waals surface area (Å²) in [4.78, 5) is 0. The van der Waals surface area contributed by atoms with Crippen LogP contribution in [0.15, 0.2) is 0 Å². The van der Waals surface area contributed by atoms with Gasteiger partial charge in [0, 0.05) is 6.04 Å². The van der Waals surface area contributed by atoms with Crippen LogP contribution in [0.2, 0.25) is 0 Å². The molecule has 0 aromatic carbocycles. The van der Waals surface area contributed by atoms with Crippen LogP contribution in [0.4, 0.5) is 0 Å². The van der Waals surface area contributed by atoms with Crippen LogP contribution < -0.4 is 5.32 Å². The molecule has 1 aliphatic heterocycles. The zero-order chi connectivity index (χ0) is 9.97. The molecule has 1 aliphatic carbocycles. The molecule has 3 unspecified atom stereocenters. The van der Waals surface area contributed by atoms with Crippen LogP contribution in [0.3, 0.4) is 0 Å². The molecule has 2 aliphatic rings. The molecule has 0 spiro atoms. The Morgan fingerprint density at radius 2 is 1.86 bits per heavy atom. The number of rotatable bonds is 3. The Hall–Kier alpha value is -0.0800. The average Bonchev–Trinajstić information content (AvgIpc) is 2.79. The maximum absolute atomic E-state index is 5.96. The third kappa shape index (κ3) is 2.12. The Morgan fingerprint density at radius 1 is 1.14 bits per heavy atom. The molecule has 0 amide bonds. The molecule has 0 aromatic rings. The van der Waals surface area contributed by atoms with Gasteiger partial charge in [-0.15, -0.1) is 0 Å². The van der Waals surface area contributed by atoms with Crippen LogP contribution in [0.25, 0.3) is 0 Å². The van der Waals surface area contributed by atoms with E-state index in [2.05, 4.69) is 19.3 Å². The summed E-state index contributed by atoms with van der Waals surface area (Å²) < 4.78 is 5.96. The lowest BCUT2D eigenvalue weighted by molar-refractivity contribution is 0.0198. The summed E-state index contributed by atoms with van der Waals surface area (Å²) in [5, 5.41) is 3.48. The van der Waals surface area contributed by atoms with E-state index >= 15 is 0 Å². The fourth-order valence-corrected chi connectivity index (χ4v) is 3.14. The molecular weight excluding hydrogens is 174 g/mol. The van der Waals surface area contributed by atoms with E-state index in [1.807, 2.05) is 0 Å². The van der Waals surface area contributed by atoms with E-state index in [9.17, 15) is 0 Å². The molecule has 2 fully saturated rings. The number of nitrogens with one attached hydrogen (secondary N) is 1. The highest BCUT2D eigenvalue weighted by atomic mass is 16.5. The molecule has 0 bridgehead atoms. The monoisotopic (exact) mass is 197 g/mol. The maximum Gasteiger partial charge on any atom is 0.0735 e. The Balaban J connectivity index is 1.91. The number of hydrogen-bond donors (Lipinski definition) is 1. The maximum atomic E-state index is 5.96. The number of ether oxygens (including phenoxy) is 1. The Bertz CT molecular complexity index is 177. The van der Waals surface area contributed by atoms with Crippen molar-refractivity contribution in [3.8, 4) is 0 Å². The van der Waals surface area contributed by atoms with Gasteiger partial charge in [-0.2, -0.15) is 0 Å². The minimum atomic E-state index is 0.484. The third-order valence-electron chi connectivity index (χ3n) is 3.91. The van der Waals surface area contributed by atoms with Crippen molar-refractivity contribution in [3.63, 3.8) is 0 Å². The van der Waals surface area contributed by atoms with Crippen molar-refractivity contribution in [2.75, 3.05) is 7.05 Å². The summed E-state index contributed by atoms with van der Waals surface area (Å²) in [6.45, 7) is 2.20. The van der Waals surface area contributed by atoms with Gasteiger partial charge in [-0.05, 0) is 45.6 Å². The SMILES string of the molecule is CNC(C1CCCC1)C1CCC(C)O1. The zero-order valence-corrected chi connectivity index (χ0v) is 9.46. The summed E-state index contributed by atoms with van der Waals surface area (Å²) >= 11 is 0. The van der Waals surface area contributed by atoms with E-state index < -0.39 is 0 Å². The standard InChI is InChI=1S/C12H23NO/c1-9-7-8-11(14-9)12(13-2)10-5-3-4-6-10/h9-13H,3-8H2,1-2H3. The average molecular weight is 197 g/mol. The summed E-state index contributed by atoms with van der Waals surface area (Å²) in [6, 6.07) is 0.613. The molecule has 2 rings (SSSR count). The van der Waals surface area contributed by atoms with Crippen LogP contribution in [0.1, 0.15) is 45.4 Å². The predicted octanol–water partition coefficient (Wildman–Crippen LogP) is 2.33. The van der Waals surface area contributed by atoms with Crippen molar-refractivity contribution in [1.29, 1.82) is 0 Å². The first-order chi connectivity index (χ1) is 6.81. The van der Waals surface area contributed by atoms with Crippen LogP contribution in [0.5, 0.6) is 0 Å². The highest BCUT2D eigenvalue weighted by molar-refractivity contribution is 4.89. The molecule has 1 saturated heterocycles. The topological polar surface area (TPSA) is 21.3 Å². The van der Waals surface area contributed by atoms with Gasteiger partial charge < -0.3 is 10.1 Å². The van der Waals surface area contributed by atoms with Crippen molar-refractivity contribution >= 4 is 0 Å². The van der Waals surface area contributed by atoms with Crippen LogP contribution in [-0.2, 0) is 4.74 Å². The first-order valence-corrected chi connectivity index (χ1v) is 6.14. The molecule has 3 atom stereocenters. The van der Waals surface area contributed by atoms with Gasteiger partial charge in [-0.3, -0.25) is 0 Å². The first kappa shape index (κ1) is 10.4. The molecule has 14 heavy (non-hydrogen) atoms. The second kappa shape index (κ2) is 4.63. The summed E-state index contributed by atoms with van der Waals surface area (Å²) in [6.07, 6.45) is 9.12. The van der Waals surface area contributed by atoms with Gasteiger partial charge in [0.2, 0.25) is 0 Å². The number of hydrogen-bond acceptors (Lipinski definition) is 2. The Labute approximate surface area is 87.4 Å². The largest absolute Gasteiger partial charge is 0.374 e. The Kier molecular flexibility index (Phi) is 3.45. The third-order valence-corrected chi connectivity index (χ3v) is 3.91. The van der Waals surface area contributed by atoms with E-state index in [0.717, 1.165) is 5.92 Å². The van der Waals surface area contributed by atoms with Gasteiger partial charge >= 0.3 is 0 Å². The van der Waals surface area contributed by atoms with E-state index in [0.29, 0.717) is 18.2 Å². The van der Waals surface area contributed by atoms with Crippen molar-refractivity contribution in [2.45, 2.75) is 63.7 Å². The van der Waals surface area contributed by atoms with Gasteiger partial charge in [-0.25, -0.2) is 0 Å².